The Balaban J connectivity index is 2.18. The molecule has 1 aliphatic rings. The van der Waals surface area contributed by atoms with Crippen molar-refractivity contribution in [3.8, 4) is 0 Å². The summed E-state index contributed by atoms with van der Waals surface area (Å²) in [6, 6.07) is 2.53. The van der Waals surface area contributed by atoms with Gasteiger partial charge in [-0.25, -0.2) is 9.97 Å². The summed E-state index contributed by atoms with van der Waals surface area (Å²) < 4.78 is 2.30. The molecule has 3 nitrogen and oxygen atoms in total. The van der Waals surface area contributed by atoms with Crippen molar-refractivity contribution in [3.63, 3.8) is 0 Å². The first kappa shape index (κ1) is 12.9. The number of alkyl halides is 1. The van der Waals surface area contributed by atoms with Gasteiger partial charge in [0.15, 0.2) is 5.65 Å². The molecule has 0 radical (unpaired) electrons. The van der Waals surface area contributed by atoms with Crippen molar-refractivity contribution in [3.05, 3.63) is 23.7 Å². The van der Waals surface area contributed by atoms with Crippen LogP contribution in [0.3, 0.4) is 0 Å². The Labute approximate surface area is 119 Å². The molecule has 0 aliphatic heterocycles. The lowest BCUT2D eigenvalue weighted by Gasteiger charge is -2.25. The van der Waals surface area contributed by atoms with Gasteiger partial charge in [0, 0.05) is 12.2 Å². The standard InChI is InChI=1S/C15H20ClN3/c1-10-8-9-17-15-13(10)18-14(11(2)16)19(15)12-6-4-3-5-7-12/h8-9,11-12H,3-7H2,1-2H3. The van der Waals surface area contributed by atoms with Gasteiger partial charge >= 0.3 is 0 Å². The minimum Gasteiger partial charge on any atom is -0.308 e. The van der Waals surface area contributed by atoms with E-state index in [2.05, 4.69) is 16.5 Å². The molecule has 1 unspecified atom stereocenters. The molecule has 0 saturated heterocycles. The second kappa shape index (κ2) is 5.12. The highest BCUT2D eigenvalue weighted by Crippen LogP contribution is 2.35. The minimum absolute atomic E-state index is 0.0736. The number of aryl methyl sites for hydroxylation is 1. The molecule has 2 heterocycles. The Hall–Kier alpha value is -1.09. The number of aromatic nitrogens is 3. The molecule has 2 aromatic rings. The highest BCUT2D eigenvalue weighted by molar-refractivity contribution is 6.20. The predicted molar refractivity (Wildman–Crippen MR) is 78.7 cm³/mol. The van der Waals surface area contributed by atoms with Crippen LogP contribution in [0.4, 0.5) is 0 Å². The van der Waals surface area contributed by atoms with Gasteiger partial charge in [0.25, 0.3) is 0 Å². The highest BCUT2D eigenvalue weighted by Gasteiger charge is 2.24. The normalized spacial score (nSPS) is 18.9. The lowest BCUT2D eigenvalue weighted by Crippen LogP contribution is -2.16. The van der Waals surface area contributed by atoms with Crippen LogP contribution < -0.4 is 0 Å². The van der Waals surface area contributed by atoms with Crippen molar-refractivity contribution in [1.29, 1.82) is 0 Å². The summed E-state index contributed by atoms with van der Waals surface area (Å²) >= 11 is 6.34. The quantitative estimate of drug-likeness (QED) is 0.754. The summed E-state index contributed by atoms with van der Waals surface area (Å²) in [7, 11) is 0. The van der Waals surface area contributed by atoms with Crippen molar-refractivity contribution in [1.82, 2.24) is 14.5 Å². The molecule has 3 rings (SSSR count). The van der Waals surface area contributed by atoms with Crippen LogP contribution in [0.15, 0.2) is 12.3 Å². The molecule has 1 fully saturated rings. The van der Waals surface area contributed by atoms with Crippen LogP contribution in [0.25, 0.3) is 11.2 Å². The van der Waals surface area contributed by atoms with Gasteiger partial charge < -0.3 is 4.57 Å². The predicted octanol–water partition coefficient (Wildman–Crippen LogP) is 4.54. The van der Waals surface area contributed by atoms with Crippen molar-refractivity contribution in [2.45, 2.75) is 57.4 Å². The van der Waals surface area contributed by atoms with Crippen LogP contribution in [-0.4, -0.2) is 14.5 Å². The van der Waals surface area contributed by atoms with Gasteiger partial charge in [-0.3, -0.25) is 0 Å². The van der Waals surface area contributed by atoms with E-state index >= 15 is 0 Å². The Morgan fingerprint density at radius 2 is 2.05 bits per heavy atom. The average molecular weight is 278 g/mol. The molecule has 102 valence electrons. The van der Waals surface area contributed by atoms with Gasteiger partial charge in [0.1, 0.15) is 11.3 Å². The number of pyridine rings is 1. The van der Waals surface area contributed by atoms with E-state index in [9.17, 15) is 0 Å². The van der Waals surface area contributed by atoms with E-state index in [4.69, 9.17) is 16.6 Å². The molecule has 1 saturated carbocycles. The molecular weight excluding hydrogens is 258 g/mol. The second-order valence-electron chi connectivity index (χ2n) is 5.55. The fraction of sp³-hybridized carbons (Fsp3) is 0.600. The first-order valence-electron chi connectivity index (χ1n) is 7.16. The summed E-state index contributed by atoms with van der Waals surface area (Å²) in [6.45, 7) is 4.09. The number of imidazole rings is 1. The van der Waals surface area contributed by atoms with Crippen LogP contribution in [0, 0.1) is 6.92 Å². The van der Waals surface area contributed by atoms with Crippen LogP contribution in [0.2, 0.25) is 0 Å². The zero-order chi connectivity index (χ0) is 13.4. The van der Waals surface area contributed by atoms with E-state index in [0.717, 1.165) is 17.0 Å². The first-order chi connectivity index (χ1) is 9.18. The molecule has 2 aromatic heterocycles. The zero-order valence-corrected chi connectivity index (χ0v) is 12.3. The molecule has 0 N–H and O–H groups in total. The van der Waals surface area contributed by atoms with E-state index in [-0.39, 0.29) is 5.38 Å². The van der Waals surface area contributed by atoms with E-state index < -0.39 is 0 Å². The third kappa shape index (κ3) is 2.25. The molecule has 4 heteroatoms. The van der Waals surface area contributed by atoms with Gasteiger partial charge in [-0.1, -0.05) is 19.3 Å². The number of rotatable bonds is 2. The number of nitrogens with zero attached hydrogens (tertiary/aromatic N) is 3. The molecule has 0 aromatic carbocycles. The second-order valence-corrected chi connectivity index (χ2v) is 6.20. The van der Waals surface area contributed by atoms with Crippen molar-refractivity contribution >= 4 is 22.8 Å². The van der Waals surface area contributed by atoms with Crippen molar-refractivity contribution in [2.75, 3.05) is 0 Å². The molecule has 0 amide bonds. The monoisotopic (exact) mass is 277 g/mol. The minimum atomic E-state index is -0.0736. The number of hydrogen-bond acceptors (Lipinski definition) is 2. The summed E-state index contributed by atoms with van der Waals surface area (Å²) in [4.78, 5) is 9.32. The van der Waals surface area contributed by atoms with Crippen LogP contribution in [0.5, 0.6) is 0 Å². The number of fused-ring (bicyclic) bond motifs is 1. The summed E-state index contributed by atoms with van der Waals surface area (Å²) in [6.07, 6.45) is 8.26. The lowest BCUT2D eigenvalue weighted by molar-refractivity contribution is 0.351. The molecule has 0 spiro atoms. The fourth-order valence-electron chi connectivity index (χ4n) is 3.11. The fourth-order valence-corrected chi connectivity index (χ4v) is 3.26. The van der Waals surface area contributed by atoms with Gasteiger partial charge in [0.05, 0.1) is 5.38 Å². The molecule has 1 aliphatic carbocycles. The topological polar surface area (TPSA) is 30.7 Å². The zero-order valence-electron chi connectivity index (χ0n) is 11.6. The van der Waals surface area contributed by atoms with Gasteiger partial charge in [-0.05, 0) is 38.3 Å². The maximum Gasteiger partial charge on any atom is 0.160 e. The van der Waals surface area contributed by atoms with E-state index in [1.54, 1.807) is 0 Å². The molecule has 0 bridgehead atoms. The maximum absolute atomic E-state index is 6.34. The third-order valence-electron chi connectivity index (χ3n) is 4.10. The number of hydrogen-bond donors (Lipinski definition) is 0. The third-order valence-corrected chi connectivity index (χ3v) is 4.30. The van der Waals surface area contributed by atoms with Gasteiger partial charge in [0.2, 0.25) is 0 Å². The Kier molecular flexibility index (Phi) is 3.48. The summed E-state index contributed by atoms with van der Waals surface area (Å²) in [5, 5.41) is -0.0736. The van der Waals surface area contributed by atoms with E-state index in [1.807, 2.05) is 19.2 Å². The average Bonchev–Trinajstić information content (AvgIpc) is 2.81. The highest BCUT2D eigenvalue weighted by atomic mass is 35.5. The summed E-state index contributed by atoms with van der Waals surface area (Å²) in [5.41, 5.74) is 3.20. The van der Waals surface area contributed by atoms with E-state index in [1.165, 1.54) is 37.7 Å². The van der Waals surface area contributed by atoms with Crippen LogP contribution in [-0.2, 0) is 0 Å². The van der Waals surface area contributed by atoms with Crippen LogP contribution >= 0.6 is 11.6 Å². The van der Waals surface area contributed by atoms with Crippen molar-refractivity contribution < 1.29 is 0 Å². The van der Waals surface area contributed by atoms with Gasteiger partial charge in [-0.15, -0.1) is 11.6 Å². The molecule has 1 atom stereocenters. The Bertz CT molecular complexity index is 582. The Morgan fingerprint density at radius 1 is 1.32 bits per heavy atom. The SMILES string of the molecule is Cc1ccnc2c1nc(C(C)Cl)n2C1CCCCC1. The maximum atomic E-state index is 6.34. The van der Waals surface area contributed by atoms with Crippen molar-refractivity contribution in [2.24, 2.45) is 0 Å². The van der Waals surface area contributed by atoms with Gasteiger partial charge in [-0.2, -0.15) is 0 Å². The first-order valence-corrected chi connectivity index (χ1v) is 7.59. The largest absolute Gasteiger partial charge is 0.308 e. The van der Waals surface area contributed by atoms with Crippen LogP contribution in [0.1, 0.15) is 61.8 Å². The Morgan fingerprint density at radius 3 is 2.74 bits per heavy atom. The number of halogens is 1. The molecule has 19 heavy (non-hydrogen) atoms. The van der Waals surface area contributed by atoms with E-state index in [0.29, 0.717) is 6.04 Å². The summed E-state index contributed by atoms with van der Waals surface area (Å²) in [5.74, 6) is 0.977. The smallest absolute Gasteiger partial charge is 0.160 e. The molecular formula is C15H20ClN3. The lowest BCUT2D eigenvalue weighted by atomic mass is 9.95.